The van der Waals surface area contributed by atoms with Crippen LogP contribution >= 0.6 is 22.9 Å². The van der Waals surface area contributed by atoms with Crippen LogP contribution in [0, 0.1) is 25.2 Å². The highest BCUT2D eigenvalue weighted by Gasteiger charge is 2.35. The van der Waals surface area contributed by atoms with Gasteiger partial charge in [-0.3, -0.25) is 0 Å². The molecule has 1 aliphatic rings. The summed E-state index contributed by atoms with van der Waals surface area (Å²) in [5.74, 6) is 0.374. The van der Waals surface area contributed by atoms with Crippen molar-refractivity contribution in [2.24, 2.45) is 0 Å². The molecule has 0 fully saturated rings. The number of hydrogen-bond donors (Lipinski definition) is 1. The van der Waals surface area contributed by atoms with E-state index in [1.54, 1.807) is 19.2 Å². The number of rotatable bonds is 4. The minimum absolute atomic E-state index is 0.00921. The number of urea groups is 1. The van der Waals surface area contributed by atoms with E-state index in [1.165, 1.54) is 17.5 Å². The monoisotopic (exact) mass is 480 g/mol. The number of aromatic nitrogens is 1. The summed E-state index contributed by atoms with van der Waals surface area (Å²) in [7, 11) is -4.20. The van der Waals surface area contributed by atoms with Crippen LogP contribution < -0.4 is 19.1 Å². The van der Waals surface area contributed by atoms with Gasteiger partial charge in [0.2, 0.25) is 6.79 Å². The SMILES string of the molecule is Cc1noc(N(C(=O)NS(=O)(=O)c2ccsc2)c2c(C#N)cc3c(c2C)OCO3)c1Cl. The standard InChI is InChI=1S/C18H13ClN4O6S2/c1-9-15(11(6-20)5-13-16(9)28-8-27-13)23(17-14(19)10(2)21-29-17)18(24)22-31(25,26)12-3-4-30-7-12/h3-5,7H,8H2,1-2H3,(H,22,24). The number of thiophene rings is 1. The molecule has 3 heterocycles. The van der Waals surface area contributed by atoms with Gasteiger partial charge in [0.25, 0.3) is 15.9 Å². The molecule has 0 radical (unpaired) electrons. The first-order chi connectivity index (χ1) is 14.7. The molecule has 2 aromatic heterocycles. The van der Waals surface area contributed by atoms with Crippen molar-refractivity contribution in [2.75, 3.05) is 11.7 Å². The number of benzene rings is 1. The van der Waals surface area contributed by atoms with E-state index < -0.39 is 16.1 Å². The third-order valence-corrected chi connectivity index (χ3v) is 7.01. The zero-order valence-corrected chi connectivity index (χ0v) is 18.4. The van der Waals surface area contributed by atoms with E-state index in [9.17, 15) is 18.5 Å². The van der Waals surface area contributed by atoms with Crippen molar-refractivity contribution in [1.29, 1.82) is 5.26 Å². The molecule has 1 N–H and O–H groups in total. The lowest BCUT2D eigenvalue weighted by Gasteiger charge is -2.23. The van der Waals surface area contributed by atoms with Crippen molar-refractivity contribution >= 4 is 50.6 Å². The van der Waals surface area contributed by atoms with Gasteiger partial charge in [0.1, 0.15) is 16.8 Å². The van der Waals surface area contributed by atoms with E-state index >= 15 is 0 Å². The van der Waals surface area contributed by atoms with Gasteiger partial charge in [0.15, 0.2) is 11.5 Å². The lowest BCUT2D eigenvalue weighted by atomic mass is 10.1. The van der Waals surface area contributed by atoms with Crippen LogP contribution in [0.1, 0.15) is 16.8 Å². The van der Waals surface area contributed by atoms with Gasteiger partial charge in [-0.2, -0.15) is 16.6 Å². The smallest absolute Gasteiger partial charge is 0.342 e. The third-order valence-electron chi connectivity index (χ3n) is 4.42. The molecular weight excluding hydrogens is 468 g/mol. The molecule has 0 saturated heterocycles. The fourth-order valence-electron chi connectivity index (χ4n) is 2.98. The average Bonchev–Trinajstić information content (AvgIpc) is 3.47. The predicted molar refractivity (Wildman–Crippen MR) is 110 cm³/mol. The van der Waals surface area contributed by atoms with E-state index in [0.29, 0.717) is 17.1 Å². The van der Waals surface area contributed by atoms with Crippen LogP contribution in [0.15, 0.2) is 32.3 Å². The topological polar surface area (TPSA) is 135 Å². The maximum atomic E-state index is 13.2. The van der Waals surface area contributed by atoms with Crippen LogP contribution in [-0.2, 0) is 10.0 Å². The summed E-state index contributed by atoms with van der Waals surface area (Å²) in [5, 5.41) is 16.3. The second kappa shape index (κ2) is 7.77. The summed E-state index contributed by atoms with van der Waals surface area (Å²) in [4.78, 5) is 14.0. The summed E-state index contributed by atoms with van der Waals surface area (Å²) >= 11 is 7.42. The van der Waals surface area contributed by atoms with Gasteiger partial charge in [-0.15, -0.1) is 0 Å². The summed E-state index contributed by atoms with van der Waals surface area (Å²) in [5.41, 5.74) is 0.643. The number of halogens is 1. The highest BCUT2D eigenvalue weighted by Crippen LogP contribution is 2.46. The molecule has 0 spiro atoms. The number of sulfonamides is 1. The molecule has 4 rings (SSSR count). The van der Waals surface area contributed by atoms with E-state index in [0.717, 1.165) is 16.2 Å². The van der Waals surface area contributed by atoms with Crippen molar-refractivity contribution < 1.29 is 27.2 Å². The molecule has 1 aliphatic heterocycles. The van der Waals surface area contributed by atoms with Crippen LogP contribution in [0.2, 0.25) is 5.02 Å². The van der Waals surface area contributed by atoms with Gasteiger partial charge < -0.3 is 14.0 Å². The van der Waals surface area contributed by atoms with Crippen LogP contribution in [0.25, 0.3) is 0 Å². The van der Waals surface area contributed by atoms with E-state index in [-0.39, 0.29) is 39.5 Å². The van der Waals surface area contributed by atoms with Crippen molar-refractivity contribution in [3.63, 3.8) is 0 Å². The molecule has 160 valence electrons. The second-order valence-electron chi connectivity index (χ2n) is 6.34. The Bertz CT molecular complexity index is 1330. The Morgan fingerprint density at radius 1 is 1.39 bits per heavy atom. The minimum Gasteiger partial charge on any atom is -0.454 e. The minimum atomic E-state index is -4.20. The van der Waals surface area contributed by atoms with Gasteiger partial charge in [-0.05, 0) is 25.3 Å². The lowest BCUT2D eigenvalue weighted by Crippen LogP contribution is -2.41. The first-order valence-corrected chi connectivity index (χ1v) is 11.4. The fourth-order valence-corrected chi connectivity index (χ4v) is 5.09. The maximum Gasteiger partial charge on any atom is 0.342 e. The number of fused-ring (bicyclic) bond motifs is 1. The zero-order valence-electron chi connectivity index (χ0n) is 16.0. The number of nitrogens with one attached hydrogen (secondary N) is 1. The van der Waals surface area contributed by atoms with Crippen LogP contribution in [0.5, 0.6) is 11.5 Å². The van der Waals surface area contributed by atoms with E-state index in [2.05, 4.69) is 5.16 Å². The Kier molecular flexibility index (Phi) is 5.26. The molecule has 0 atom stereocenters. The number of ether oxygens (including phenoxy) is 2. The number of nitrogens with zero attached hydrogens (tertiary/aromatic N) is 3. The number of hydrogen-bond acceptors (Lipinski definition) is 9. The molecule has 13 heteroatoms. The largest absolute Gasteiger partial charge is 0.454 e. The van der Waals surface area contributed by atoms with E-state index in [4.69, 9.17) is 25.6 Å². The van der Waals surface area contributed by atoms with Gasteiger partial charge in [-0.1, -0.05) is 16.8 Å². The highest BCUT2D eigenvalue weighted by molar-refractivity contribution is 7.90. The van der Waals surface area contributed by atoms with Crippen molar-refractivity contribution in [2.45, 2.75) is 18.7 Å². The molecule has 3 aromatic rings. The summed E-state index contributed by atoms with van der Waals surface area (Å²) in [6, 6.07) is 3.59. The maximum absolute atomic E-state index is 13.2. The molecule has 2 amide bonds. The number of aryl methyl sites for hydroxylation is 1. The van der Waals surface area contributed by atoms with Crippen LogP contribution in [-0.4, -0.2) is 26.4 Å². The number of anilines is 2. The van der Waals surface area contributed by atoms with Crippen LogP contribution in [0.3, 0.4) is 0 Å². The van der Waals surface area contributed by atoms with Gasteiger partial charge >= 0.3 is 6.03 Å². The Morgan fingerprint density at radius 2 is 2.16 bits per heavy atom. The zero-order chi connectivity index (χ0) is 22.3. The second-order valence-corrected chi connectivity index (χ2v) is 9.18. The van der Waals surface area contributed by atoms with Gasteiger partial charge in [0, 0.05) is 17.0 Å². The number of nitriles is 1. The Labute approximate surface area is 185 Å². The summed E-state index contributed by atoms with van der Waals surface area (Å²) in [6.07, 6.45) is 0. The molecule has 0 aliphatic carbocycles. The number of carbonyl (C=O) groups excluding carboxylic acids is 1. The first-order valence-electron chi connectivity index (χ1n) is 8.58. The molecule has 31 heavy (non-hydrogen) atoms. The Morgan fingerprint density at radius 3 is 2.77 bits per heavy atom. The van der Waals surface area contributed by atoms with Gasteiger partial charge in [0.05, 0.1) is 16.1 Å². The van der Waals surface area contributed by atoms with E-state index in [1.807, 2.05) is 10.8 Å². The Hall–Kier alpha value is -3.27. The molecule has 1 aromatic carbocycles. The molecular formula is C18H13ClN4O6S2. The summed E-state index contributed by atoms with van der Waals surface area (Å²) < 4.78 is 43.3. The van der Waals surface area contributed by atoms with Crippen molar-refractivity contribution in [3.8, 4) is 17.6 Å². The Balaban J connectivity index is 1.89. The molecule has 0 bridgehead atoms. The first kappa shape index (κ1) is 21.0. The van der Waals surface area contributed by atoms with Crippen LogP contribution in [0.4, 0.5) is 16.4 Å². The molecule has 0 saturated carbocycles. The molecule has 0 unspecified atom stereocenters. The number of amides is 2. The summed E-state index contributed by atoms with van der Waals surface area (Å²) in [6.45, 7) is 3.07. The van der Waals surface area contributed by atoms with Gasteiger partial charge in [-0.25, -0.2) is 22.8 Å². The van der Waals surface area contributed by atoms with Crippen molar-refractivity contribution in [1.82, 2.24) is 9.88 Å². The number of carbonyl (C=O) groups is 1. The lowest BCUT2D eigenvalue weighted by molar-refractivity contribution is 0.173. The average molecular weight is 481 g/mol. The highest BCUT2D eigenvalue weighted by atomic mass is 35.5. The predicted octanol–water partition coefficient (Wildman–Crippen LogP) is 3.84. The fraction of sp³-hybridized carbons (Fsp3) is 0.167. The molecule has 10 nitrogen and oxygen atoms in total. The normalized spacial score (nSPS) is 12.5. The third kappa shape index (κ3) is 3.56. The van der Waals surface area contributed by atoms with Crippen molar-refractivity contribution in [3.05, 3.63) is 44.7 Å². The quantitative estimate of drug-likeness (QED) is 0.595.